The lowest BCUT2D eigenvalue weighted by molar-refractivity contribution is 0.0947. The zero-order valence-corrected chi connectivity index (χ0v) is 21.5. The van der Waals surface area contributed by atoms with Crippen molar-refractivity contribution in [3.05, 3.63) is 47.1 Å². The molecular weight excluding hydrogens is 468 g/mol. The normalized spacial score (nSPS) is 10.8. The summed E-state index contributed by atoms with van der Waals surface area (Å²) in [6.07, 6.45) is 3.81. The molecule has 7 nitrogen and oxygen atoms in total. The van der Waals surface area contributed by atoms with Crippen LogP contribution in [-0.2, 0) is 0 Å². The van der Waals surface area contributed by atoms with Gasteiger partial charge in [0.25, 0.3) is 5.91 Å². The molecule has 1 aromatic heterocycles. The number of unbranched alkanes of at least 4 members (excludes halogenated alkanes) is 2. The van der Waals surface area contributed by atoms with Crippen LogP contribution in [0.2, 0.25) is 5.02 Å². The fourth-order valence-electron chi connectivity index (χ4n) is 3.49. The second kappa shape index (κ2) is 13.0. The van der Waals surface area contributed by atoms with Gasteiger partial charge in [-0.05, 0) is 43.5 Å². The maximum Gasteiger partial charge on any atom is 0.274 e. The van der Waals surface area contributed by atoms with Crippen LogP contribution >= 0.6 is 11.6 Å². The summed E-state index contributed by atoms with van der Waals surface area (Å²) in [6, 6.07) is 10.9. The first-order chi connectivity index (χ1) is 17.0. The minimum atomic E-state index is -0.326. The quantitative estimate of drug-likeness (QED) is 0.260. The van der Waals surface area contributed by atoms with Crippen molar-refractivity contribution in [1.82, 2.24) is 10.5 Å². The molecule has 1 amide bonds. The molecule has 0 unspecified atom stereocenters. The highest BCUT2D eigenvalue weighted by molar-refractivity contribution is 6.32. The molecule has 188 valence electrons. The number of halogens is 1. The number of rotatable bonds is 13. The largest absolute Gasteiger partial charge is 0.497 e. The average Bonchev–Trinajstić information content (AvgIpc) is 3.31. The van der Waals surface area contributed by atoms with Crippen LogP contribution in [0.4, 0.5) is 0 Å². The minimum absolute atomic E-state index is 0.186. The van der Waals surface area contributed by atoms with Gasteiger partial charge in [-0.1, -0.05) is 55.6 Å². The van der Waals surface area contributed by atoms with E-state index in [0.717, 1.165) is 31.2 Å². The molecule has 0 spiro atoms. The molecule has 3 aromatic rings. The van der Waals surface area contributed by atoms with E-state index in [1.54, 1.807) is 19.2 Å². The summed E-state index contributed by atoms with van der Waals surface area (Å²) in [5.41, 5.74) is 2.09. The number of hydrogen-bond acceptors (Lipinski definition) is 6. The third-order valence-corrected chi connectivity index (χ3v) is 5.71. The van der Waals surface area contributed by atoms with Gasteiger partial charge in [-0.3, -0.25) is 4.79 Å². The predicted molar refractivity (Wildman–Crippen MR) is 138 cm³/mol. The lowest BCUT2D eigenvalue weighted by Gasteiger charge is -2.15. The molecule has 0 atom stereocenters. The molecule has 0 aliphatic carbocycles. The van der Waals surface area contributed by atoms with Crippen molar-refractivity contribution in [2.24, 2.45) is 0 Å². The highest BCUT2D eigenvalue weighted by Gasteiger charge is 2.27. The van der Waals surface area contributed by atoms with Crippen molar-refractivity contribution >= 4 is 17.5 Å². The van der Waals surface area contributed by atoms with Crippen LogP contribution in [0.15, 0.2) is 40.9 Å². The average molecular weight is 501 g/mol. The minimum Gasteiger partial charge on any atom is -0.497 e. The monoisotopic (exact) mass is 500 g/mol. The summed E-state index contributed by atoms with van der Waals surface area (Å²) in [5.74, 6) is 1.87. The van der Waals surface area contributed by atoms with Crippen molar-refractivity contribution < 1.29 is 23.5 Å². The Balaban J connectivity index is 2.15. The summed E-state index contributed by atoms with van der Waals surface area (Å²) in [6.45, 7) is 7.60. The van der Waals surface area contributed by atoms with Crippen LogP contribution in [0.5, 0.6) is 17.2 Å². The van der Waals surface area contributed by atoms with E-state index in [1.807, 2.05) is 31.2 Å². The first-order valence-electron chi connectivity index (χ1n) is 12.1. The Morgan fingerprint density at radius 1 is 1.00 bits per heavy atom. The smallest absolute Gasteiger partial charge is 0.274 e. The van der Waals surface area contributed by atoms with E-state index in [1.165, 1.54) is 0 Å². The van der Waals surface area contributed by atoms with Gasteiger partial charge in [0.1, 0.15) is 17.2 Å². The maximum absolute atomic E-state index is 12.8. The van der Waals surface area contributed by atoms with Crippen molar-refractivity contribution in [1.29, 1.82) is 0 Å². The third-order valence-electron chi connectivity index (χ3n) is 5.41. The maximum atomic E-state index is 12.8. The van der Waals surface area contributed by atoms with Gasteiger partial charge in [0.2, 0.25) is 0 Å². The van der Waals surface area contributed by atoms with Crippen LogP contribution < -0.4 is 19.5 Å². The molecule has 0 radical (unpaired) electrons. The van der Waals surface area contributed by atoms with E-state index in [2.05, 4.69) is 24.3 Å². The highest BCUT2D eigenvalue weighted by atomic mass is 35.5. The lowest BCUT2D eigenvalue weighted by Crippen LogP contribution is -2.23. The molecular formula is C27H33ClN2O5. The fourth-order valence-corrected chi connectivity index (χ4v) is 3.71. The topological polar surface area (TPSA) is 82.8 Å². The van der Waals surface area contributed by atoms with Gasteiger partial charge in [0, 0.05) is 12.6 Å². The van der Waals surface area contributed by atoms with Gasteiger partial charge in [-0.2, -0.15) is 0 Å². The van der Waals surface area contributed by atoms with Crippen molar-refractivity contribution in [3.8, 4) is 39.7 Å². The molecule has 0 aliphatic rings. The molecule has 8 heteroatoms. The van der Waals surface area contributed by atoms with Crippen LogP contribution in [0.25, 0.3) is 22.5 Å². The molecule has 0 bridgehead atoms. The van der Waals surface area contributed by atoms with Gasteiger partial charge in [-0.15, -0.1) is 0 Å². The second-order valence-corrected chi connectivity index (χ2v) is 8.41. The first kappa shape index (κ1) is 26.4. The number of nitrogens with one attached hydrogen (secondary N) is 1. The number of carbonyl (C=O) groups is 1. The number of nitrogens with zero attached hydrogens (tertiary/aromatic N) is 1. The Hall–Kier alpha value is -3.19. The molecule has 1 heterocycles. The summed E-state index contributed by atoms with van der Waals surface area (Å²) in [4.78, 5) is 12.8. The van der Waals surface area contributed by atoms with Gasteiger partial charge < -0.3 is 24.1 Å². The Morgan fingerprint density at radius 2 is 1.66 bits per heavy atom. The number of ether oxygens (including phenoxy) is 3. The van der Waals surface area contributed by atoms with Gasteiger partial charge >= 0.3 is 0 Å². The summed E-state index contributed by atoms with van der Waals surface area (Å²) in [5, 5.41) is 7.36. The van der Waals surface area contributed by atoms with Crippen molar-refractivity contribution in [2.45, 2.75) is 46.5 Å². The second-order valence-electron chi connectivity index (χ2n) is 8.01. The fraction of sp³-hybridized carbons (Fsp3) is 0.407. The molecule has 0 saturated carbocycles. The van der Waals surface area contributed by atoms with Gasteiger partial charge in [-0.25, -0.2) is 0 Å². The van der Waals surface area contributed by atoms with E-state index in [-0.39, 0.29) is 11.6 Å². The van der Waals surface area contributed by atoms with Crippen LogP contribution in [0, 0.1) is 0 Å². The lowest BCUT2D eigenvalue weighted by atomic mass is 9.98. The van der Waals surface area contributed by atoms with E-state index in [9.17, 15) is 4.79 Å². The first-order valence-corrected chi connectivity index (χ1v) is 12.4. The van der Waals surface area contributed by atoms with E-state index in [0.29, 0.717) is 58.9 Å². The molecule has 0 fully saturated rings. The number of aromatic nitrogens is 1. The summed E-state index contributed by atoms with van der Waals surface area (Å²) in [7, 11) is 1.60. The van der Waals surface area contributed by atoms with E-state index in [4.69, 9.17) is 30.3 Å². The Labute approximate surface area is 211 Å². The third kappa shape index (κ3) is 6.48. The number of carbonyl (C=O) groups excluding carboxylic acids is 1. The molecule has 3 rings (SSSR count). The molecule has 1 N–H and O–H groups in total. The number of benzene rings is 2. The summed E-state index contributed by atoms with van der Waals surface area (Å²) < 4.78 is 23.1. The van der Waals surface area contributed by atoms with Crippen LogP contribution in [0.3, 0.4) is 0 Å². The molecule has 35 heavy (non-hydrogen) atoms. The zero-order valence-electron chi connectivity index (χ0n) is 20.8. The van der Waals surface area contributed by atoms with Gasteiger partial charge in [0.15, 0.2) is 11.5 Å². The highest BCUT2D eigenvalue weighted by Crippen LogP contribution is 2.44. The molecule has 0 aliphatic heterocycles. The molecule has 2 aromatic carbocycles. The zero-order chi connectivity index (χ0) is 25.2. The Bertz CT molecular complexity index is 1110. The number of methoxy groups -OCH3 is 1. The van der Waals surface area contributed by atoms with Crippen molar-refractivity contribution in [3.63, 3.8) is 0 Å². The predicted octanol–water partition coefficient (Wildman–Crippen LogP) is 6.78. The Kier molecular flexibility index (Phi) is 9.85. The molecule has 0 saturated heterocycles. The standard InChI is InChI=1S/C27H33ClN2O5/c1-5-8-14-33-22-17-23(34-15-9-6-2)21(28)16-20(22)26-24(18-10-12-19(32-4)13-11-18)25(30-35-26)27(31)29-7-3/h10-13,16-17H,5-9,14-15H2,1-4H3,(H,29,31). The van der Waals surface area contributed by atoms with E-state index < -0.39 is 0 Å². The van der Waals surface area contributed by atoms with Gasteiger partial charge in [0.05, 0.1) is 36.5 Å². The van der Waals surface area contributed by atoms with E-state index >= 15 is 0 Å². The van der Waals surface area contributed by atoms with Crippen LogP contribution in [0.1, 0.15) is 56.9 Å². The summed E-state index contributed by atoms with van der Waals surface area (Å²) >= 11 is 6.61. The Morgan fingerprint density at radius 3 is 2.26 bits per heavy atom. The van der Waals surface area contributed by atoms with Crippen molar-refractivity contribution in [2.75, 3.05) is 26.9 Å². The van der Waals surface area contributed by atoms with Crippen LogP contribution in [-0.4, -0.2) is 37.9 Å². The SMILES string of the molecule is CCCCOc1cc(OCCCC)c(-c2onc(C(=O)NCC)c2-c2ccc(OC)cc2)cc1Cl. The number of hydrogen-bond donors (Lipinski definition) is 1. The number of amides is 1.